The monoisotopic (exact) mass is 390 g/mol. The van der Waals surface area contributed by atoms with Gasteiger partial charge in [-0.2, -0.15) is 4.98 Å². The lowest BCUT2D eigenvalue weighted by Gasteiger charge is -2.11. The molecule has 0 spiro atoms. The van der Waals surface area contributed by atoms with E-state index in [1.54, 1.807) is 11.6 Å². The van der Waals surface area contributed by atoms with Crippen molar-refractivity contribution in [1.29, 1.82) is 0 Å². The number of para-hydroxylation sites is 1. The number of ether oxygens (including phenoxy) is 1. The van der Waals surface area contributed by atoms with Gasteiger partial charge in [-0.05, 0) is 31.0 Å². The highest BCUT2D eigenvalue weighted by molar-refractivity contribution is 5.72. The minimum atomic E-state index is -0.426. The first kappa shape index (κ1) is 18.7. The van der Waals surface area contributed by atoms with Crippen molar-refractivity contribution in [3.8, 4) is 11.8 Å². The summed E-state index contributed by atoms with van der Waals surface area (Å²) in [6.45, 7) is 4.36. The zero-order valence-electron chi connectivity index (χ0n) is 16.8. The van der Waals surface area contributed by atoms with Crippen LogP contribution >= 0.6 is 0 Å². The molecular weight excluding hydrogens is 368 g/mol. The second-order valence-electron chi connectivity index (χ2n) is 7.21. The third-order valence-electron chi connectivity index (χ3n) is 5.07. The first-order valence-electron chi connectivity index (χ1n) is 9.32. The molecule has 0 aliphatic heterocycles. The van der Waals surface area contributed by atoms with E-state index >= 15 is 0 Å². The van der Waals surface area contributed by atoms with Crippen LogP contribution in [0.15, 0.2) is 58.1 Å². The van der Waals surface area contributed by atoms with Crippen LogP contribution in [-0.2, 0) is 20.6 Å². The van der Waals surface area contributed by atoms with Crippen molar-refractivity contribution in [3.05, 3.63) is 86.1 Å². The molecule has 2 heterocycles. The van der Waals surface area contributed by atoms with Crippen molar-refractivity contribution in [2.45, 2.75) is 20.4 Å². The molecular formula is C22H22N4O3. The SMILES string of the molecule is Cc1ccc(Cn2c(Oc3ccccc3C)nc3c2c(=O)n(C)c(=O)n3C)cc1. The second-order valence-corrected chi connectivity index (χ2v) is 7.21. The Kier molecular flexibility index (Phi) is 4.58. The number of benzene rings is 2. The first-order chi connectivity index (χ1) is 13.9. The molecule has 0 bridgehead atoms. The smallest absolute Gasteiger partial charge is 0.332 e. The van der Waals surface area contributed by atoms with Gasteiger partial charge in [0.05, 0.1) is 6.54 Å². The summed E-state index contributed by atoms with van der Waals surface area (Å²) >= 11 is 0. The molecule has 0 radical (unpaired) electrons. The van der Waals surface area contributed by atoms with Gasteiger partial charge < -0.3 is 4.74 Å². The summed E-state index contributed by atoms with van der Waals surface area (Å²) in [5.41, 5.74) is 2.91. The summed E-state index contributed by atoms with van der Waals surface area (Å²) in [7, 11) is 3.07. The van der Waals surface area contributed by atoms with E-state index in [1.165, 1.54) is 11.6 Å². The maximum Gasteiger partial charge on any atom is 0.332 e. The molecule has 2 aromatic carbocycles. The molecule has 148 valence electrons. The third kappa shape index (κ3) is 3.24. The van der Waals surface area contributed by atoms with Crippen LogP contribution in [0.4, 0.5) is 0 Å². The van der Waals surface area contributed by atoms with Gasteiger partial charge in [0, 0.05) is 14.1 Å². The van der Waals surface area contributed by atoms with E-state index in [2.05, 4.69) is 4.98 Å². The largest absolute Gasteiger partial charge is 0.425 e. The van der Waals surface area contributed by atoms with Gasteiger partial charge in [0.25, 0.3) is 5.56 Å². The molecule has 7 heteroatoms. The number of fused-ring (bicyclic) bond motifs is 1. The van der Waals surface area contributed by atoms with Crippen molar-refractivity contribution in [2.75, 3.05) is 0 Å². The normalized spacial score (nSPS) is 11.2. The Hall–Kier alpha value is -3.61. The van der Waals surface area contributed by atoms with Crippen molar-refractivity contribution in [2.24, 2.45) is 14.1 Å². The highest BCUT2D eigenvalue weighted by Crippen LogP contribution is 2.27. The number of aryl methyl sites for hydroxylation is 3. The molecule has 0 atom stereocenters. The van der Waals surface area contributed by atoms with E-state index in [4.69, 9.17) is 4.74 Å². The van der Waals surface area contributed by atoms with Gasteiger partial charge >= 0.3 is 11.7 Å². The van der Waals surface area contributed by atoms with Crippen molar-refractivity contribution in [3.63, 3.8) is 0 Å². The molecule has 0 unspecified atom stereocenters. The number of hydrogen-bond acceptors (Lipinski definition) is 4. The Morgan fingerprint density at radius 1 is 0.931 bits per heavy atom. The number of rotatable bonds is 4. The van der Waals surface area contributed by atoms with E-state index in [1.807, 2.05) is 62.4 Å². The Labute approximate surface area is 167 Å². The fourth-order valence-electron chi connectivity index (χ4n) is 3.30. The zero-order chi connectivity index (χ0) is 20.7. The maximum absolute atomic E-state index is 12.9. The van der Waals surface area contributed by atoms with E-state index in [-0.39, 0.29) is 6.01 Å². The summed E-state index contributed by atoms with van der Waals surface area (Å²) < 4.78 is 10.3. The summed E-state index contributed by atoms with van der Waals surface area (Å²) in [5, 5.41) is 0. The van der Waals surface area contributed by atoms with Gasteiger partial charge in [0.1, 0.15) is 5.75 Å². The molecule has 0 aliphatic rings. The van der Waals surface area contributed by atoms with Gasteiger partial charge in [-0.25, -0.2) is 4.79 Å². The van der Waals surface area contributed by atoms with Gasteiger partial charge in [-0.1, -0.05) is 48.0 Å². The molecule has 4 rings (SSSR count). The zero-order valence-corrected chi connectivity index (χ0v) is 16.8. The van der Waals surface area contributed by atoms with Crippen LogP contribution in [0.25, 0.3) is 11.2 Å². The van der Waals surface area contributed by atoms with Gasteiger partial charge in [0.15, 0.2) is 11.2 Å². The van der Waals surface area contributed by atoms with Crippen LogP contribution in [-0.4, -0.2) is 18.7 Å². The number of imidazole rings is 1. The third-order valence-corrected chi connectivity index (χ3v) is 5.07. The van der Waals surface area contributed by atoms with E-state index in [9.17, 15) is 9.59 Å². The Bertz CT molecular complexity index is 1330. The number of aromatic nitrogens is 4. The molecule has 0 saturated heterocycles. The molecule has 0 fully saturated rings. The summed E-state index contributed by atoms with van der Waals surface area (Å²) in [6, 6.07) is 15.9. The van der Waals surface area contributed by atoms with Crippen molar-refractivity contribution >= 4 is 11.2 Å². The topological polar surface area (TPSA) is 71.1 Å². The summed E-state index contributed by atoms with van der Waals surface area (Å²) in [5.74, 6) is 0.648. The standard InChI is InChI=1S/C22H22N4O3/c1-14-9-11-16(12-10-14)13-26-18-19(24(3)22(28)25(4)20(18)27)23-21(26)29-17-8-6-5-7-15(17)2/h5-12H,13H2,1-4H3. The fraction of sp³-hybridized carbons (Fsp3) is 0.227. The lowest BCUT2D eigenvalue weighted by molar-refractivity contribution is 0.418. The summed E-state index contributed by atoms with van der Waals surface area (Å²) in [6.07, 6.45) is 0. The van der Waals surface area contributed by atoms with Gasteiger partial charge in [0.2, 0.25) is 0 Å². The van der Waals surface area contributed by atoms with Crippen LogP contribution in [0, 0.1) is 13.8 Å². The second kappa shape index (κ2) is 7.09. The van der Waals surface area contributed by atoms with Crippen LogP contribution in [0.5, 0.6) is 11.8 Å². The molecule has 0 N–H and O–H groups in total. The lowest BCUT2D eigenvalue weighted by Crippen LogP contribution is -2.37. The van der Waals surface area contributed by atoms with E-state index < -0.39 is 11.2 Å². The van der Waals surface area contributed by atoms with Gasteiger partial charge in [-0.15, -0.1) is 0 Å². The number of hydrogen-bond donors (Lipinski definition) is 0. The molecule has 0 saturated carbocycles. The minimum absolute atomic E-state index is 0.271. The van der Waals surface area contributed by atoms with Crippen LogP contribution in [0.1, 0.15) is 16.7 Å². The Balaban J connectivity index is 1.96. The Morgan fingerprint density at radius 3 is 2.31 bits per heavy atom. The van der Waals surface area contributed by atoms with Crippen LogP contribution in [0.3, 0.4) is 0 Å². The minimum Gasteiger partial charge on any atom is -0.425 e. The van der Waals surface area contributed by atoms with Crippen LogP contribution < -0.4 is 16.0 Å². The van der Waals surface area contributed by atoms with Gasteiger partial charge in [-0.3, -0.25) is 18.5 Å². The molecule has 0 amide bonds. The van der Waals surface area contributed by atoms with Crippen molar-refractivity contribution < 1.29 is 4.74 Å². The average molecular weight is 390 g/mol. The molecule has 2 aromatic heterocycles. The Morgan fingerprint density at radius 2 is 1.62 bits per heavy atom. The van der Waals surface area contributed by atoms with E-state index in [0.29, 0.717) is 23.5 Å². The number of nitrogens with zero attached hydrogens (tertiary/aromatic N) is 4. The van der Waals surface area contributed by atoms with Crippen LogP contribution in [0.2, 0.25) is 0 Å². The predicted octanol–water partition coefficient (Wildman–Crippen LogP) is 2.89. The average Bonchev–Trinajstić information content (AvgIpc) is 3.06. The van der Waals surface area contributed by atoms with Crippen molar-refractivity contribution in [1.82, 2.24) is 18.7 Å². The highest BCUT2D eigenvalue weighted by atomic mass is 16.5. The fourth-order valence-corrected chi connectivity index (χ4v) is 3.30. The lowest BCUT2D eigenvalue weighted by atomic mass is 10.1. The predicted molar refractivity (Wildman–Crippen MR) is 112 cm³/mol. The maximum atomic E-state index is 12.9. The van der Waals surface area contributed by atoms with E-state index in [0.717, 1.165) is 21.3 Å². The quantitative estimate of drug-likeness (QED) is 0.537. The molecule has 4 aromatic rings. The molecule has 0 aliphatic carbocycles. The first-order valence-corrected chi connectivity index (χ1v) is 9.32. The molecule has 7 nitrogen and oxygen atoms in total. The highest BCUT2D eigenvalue weighted by Gasteiger charge is 2.21. The molecule has 29 heavy (non-hydrogen) atoms. The summed E-state index contributed by atoms with van der Waals surface area (Å²) in [4.78, 5) is 29.8.